The minimum absolute atomic E-state index is 0.127. The zero-order valence-electron chi connectivity index (χ0n) is 13.5. The van der Waals surface area contributed by atoms with Crippen LogP contribution in [-0.2, 0) is 17.9 Å². The van der Waals surface area contributed by atoms with Gasteiger partial charge in [-0.05, 0) is 23.3 Å². The summed E-state index contributed by atoms with van der Waals surface area (Å²) in [5, 5.41) is 18.4. The number of tetrazole rings is 1. The predicted octanol–water partition coefficient (Wildman–Crippen LogP) is 1.31. The number of rotatable bonds is 4. The molecule has 0 spiro atoms. The van der Waals surface area contributed by atoms with Crippen LogP contribution in [0.4, 0.5) is 0 Å². The standard InChI is InChI=1S/C16H17N7O2/c24-16(12-8-4-5-9-23-15(12)19-21-22-23)17-10-13-18-14(20-25-13)11-6-2-1-3-7-11/h1-3,6-7,12H,4-5,8-10H2,(H,17,24)/t12-/m1/s1. The molecule has 1 N–H and O–H groups in total. The van der Waals surface area contributed by atoms with Gasteiger partial charge >= 0.3 is 0 Å². The number of carbonyl (C=O) groups excluding carboxylic acids is 1. The Morgan fingerprint density at radius 3 is 3.04 bits per heavy atom. The molecule has 4 rings (SSSR count). The molecule has 3 heterocycles. The highest BCUT2D eigenvalue weighted by Gasteiger charge is 2.28. The van der Waals surface area contributed by atoms with E-state index in [1.54, 1.807) is 4.68 Å². The quantitative estimate of drug-likeness (QED) is 0.762. The van der Waals surface area contributed by atoms with Gasteiger partial charge in [0.15, 0.2) is 5.82 Å². The Bertz CT molecular complexity index is 858. The number of amides is 1. The molecule has 1 amide bonds. The highest BCUT2D eigenvalue weighted by molar-refractivity contribution is 5.82. The van der Waals surface area contributed by atoms with Gasteiger partial charge in [-0.1, -0.05) is 41.9 Å². The van der Waals surface area contributed by atoms with Crippen molar-refractivity contribution in [3.63, 3.8) is 0 Å². The molecule has 1 aliphatic heterocycles. The number of fused-ring (bicyclic) bond motifs is 1. The molecule has 0 bridgehead atoms. The van der Waals surface area contributed by atoms with Crippen LogP contribution in [0.1, 0.15) is 36.9 Å². The van der Waals surface area contributed by atoms with Crippen molar-refractivity contribution in [2.24, 2.45) is 0 Å². The summed E-state index contributed by atoms with van der Waals surface area (Å²) in [6.07, 6.45) is 2.64. The monoisotopic (exact) mass is 339 g/mol. The van der Waals surface area contributed by atoms with Crippen LogP contribution in [0.5, 0.6) is 0 Å². The van der Waals surface area contributed by atoms with Crippen molar-refractivity contribution < 1.29 is 9.32 Å². The molecule has 0 aliphatic carbocycles. The summed E-state index contributed by atoms with van der Waals surface area (Å²) in [4.78, 5) is 16.9. The molecule has 9 heteroatoms. The number of nitrogens with zero attached hydrogens (tertiary/aromatic N) is 6. The SMILES string of the molecule is O=C(NCc1nc(-c2ccccc2)no1)[C@@H]1CCCCn2nnnc21. The Balaban J connectivity index is 1.42. The number of nitrogens with one attached hydrogen (secondary N) is 1. The topological polar surface area (TPSA) is 112 Å². The second-order valence-corrected chi connectivity index (χ2v) is 5.90. The molecular weight excluding hydrogens is 322 g/mol. The number of aromatic nitrogens is 6. The molecule has 128 valence electrons. The summed E-state index contributed by atoms with van der Waals surface area (Å²) in [6, 6.07) is 9.54. The van der Waals surface area contributed by atoms with E-state index in [0.717, 1.165) is 31.4 Å². The van der Waals surface area contributed by atoms with E-state index in [1.807, 2.05) is 30.3 Å². The first-order chi connectivity index (χ1) is 12.3. The van der Waals surface area contributed by atoms with Gasteiger partial charge in [-0.3, -0.25) is 4.79 Å². The van der Waals surface area contributed by atoms with Gasteiger partial charge in [0.1, 0.15) is 0 Å². The summed E-state index contributed by atoms with van der Waals surface area (Å²) < 4.78 is 6.92. The van der Waals surface area contributed by atoms with E-state index in [9.17, 15) is 4.79 Å². The smallest absolute Gasteiger partial charge is 0.246 e. The van der Waals surface area contributed by atoms with E-state index >= 15 is 0 Å². The van der Waals surface area contributed by atoms with E-state index in [-0.39, 0.29) is 18.4 Å². The number of hydrogen-bond acceptors (Lipinski definition) is 7. The van der Waals surface area contributed by atoms with Gasteiger partial charge in [0.05, 0.1) is 12.5 Å². The van der Waals surface area contributed by atoms with Gasteiger partial charge in [-0.2, -0.15) is 4.98 Å². The van der Waals surface area contributed by atoms with Crippen molar-refractivity contribution in [2.75, 3.05) is 0 Å². The average molecular weight is 339 g/mol. The summed E-state index contributed by atoms with van der Waals surface area (Å²) in [7, 11) is 0. The number of benzene rings is 1. The van der Waals surface area contributed by atoms with Crippen molar-refractivity contribution in [1.29, 1.82) is 0 Å². The third-order valence-electron chi connectivity index (χ3n) is 4.21. The molecule has 0 saturated heterocycles. The molecule has 3 aromatic rings. The fraction of sp³-hybridized carbons (Fsp3) is 0.375. The molecule has 0 unspecified atom stereocenters. The van der Waals surface area contributed by atoms with Gasteiger partial charge in [0.25, 0.3) is 0 Å². The Morgan fingerprint density at radius 2 is 2.16 bits per heavy atom. The van der Waals surface area contributed by atoms with Crippen LogP contribution in [0.2, 0.25) is 0 Å². The first-order valence-electron chi connectivity index (χ1n) is 8.23. The maximum Gasteiger partial charge on any atom is 0.246 e. The number of hydrogen-bond donors (Lipinski definition) is 1. The lowest BCUT2D eigenvalue weighted by Gasteiger charge is -2.12. The highest BCUT2D eigenvalue weighted by atomic mass is 16.5. The number of carbonyl (C=O) groups is 1. The Hall–Kier alpha value is -3.10. The fourth-order valence-electron chi connectivity index (χ4n) is 2.92. The molecule has 0 fully saturated rings. The van der Waals surface area contributed by atoms with Crippen molar-refractivity contribution in [3.8, 4) is 11.4 Å². The molecule has 2 aromatic heterocycles. The maximum atomic E-state index is 12.6. The summed E-state index contributed by atoms with van der Waals surface area (Å²) in [5.74, 6) is 1.00. The van der Waals surface area contributed by atoms with Gasteiger partial charge in [0.2, 0.25) is 17.6 Å². The average Bonchev–Trinajstić information content (AvgIpc) is 3.26. The third-order valence-corrected chi connectivity index (χ3v) is 4.21. The Morgan fingerprint density at radius 1 is 1.28 bits per heavy atom. The van der Waals surface area contributed by atoms with Crippen molar-refractivity contribution in [3.05, 3.63) is 42.0 Å². The fourth-order valence-corrected chi connectivity index (χ4v) is 2.92. The van der Waals surface area contributed by atoms with Gasteiger partial charge in [-0.25, -0.2) is 4.68 Å². The lowest BCUT2D eigenvalue weighted by molar-refractivity contribution is -0.123. The van der Waals surface area contributed by atoms with Crippen LogP contribution in [0, 0.1) is 0 Å². The van der Waals surface area contributed by atoms with E-state index in [1.165, 1.54) is 0 Å². The van der Waals surface area contributed by atoms with Gasteiger partial charge in [0, 0.05) is 12.1 Å². The van der Waals surface area contributed by atoms with E-state index in [0.29, 0.717) is 17.5 Å². The van der Waals surface area contributed by atoms with Crippen LogP contribution < -0.4 is 5.32 Å². The molecular formula is C16H17N7O2. The minimum atomic E-state index is -0.353. The molecule has 25 heavy (non-hydrogen) atoms. The van der Waals surface area contributed by atoms with Crippen LogP contribution in [0.25, 0.3) is 11.4 Å². The summed E-state index contributed by atoms with van der Waals surface area (Å²) in [6.45, 7) is 0.924. The zero-order valence-corrected chi connectivity index (χ0v) is 13.5. The summed E-state index contributed by atoms with van der Waals surface area (Å²) in [5.41, 5.74) is 0.867. The molecule has 0 saturated carbocycles. The van der Waals surface area contributed by atoms with Crippen LogP contribution >= 0.6 is 0 Å². The summed E-state index contributed by atoms with van der Waals surface area (Å²) >= 11 is 0. The van der Waals surface area contributed by atoms with Crippen molar-refractivity contribution >= 4 is 5.91 Å². The second kappa shape index (κ2) is 6.80. The van der Waals surface area contributed by atoms with Crippen molar-refractivity contribution in [1.82, 2.24) is 35.7 Å². The van der Waals surface area contributed by atoms with E-state index in [4.69, 9.17) is 4.52 Å². The Labute approximate surface area is 143 Å². The molecule has 1 atom stereocenters. The zero-order chi connectivity index (χ0) is 17.1. The third kappa shape index (κ3) is 3.25. The van der Waals surface area contributed by atoms with Crippen molar-refractivity contribution in [2.45, 2.75) is 38.3 Å². The van der Waals surface area contributed by atoms with Gasteiger partial charge < -0.3 is 9.84 Å². The molecule has 1 aliphatic rings. The lowest BCUT2D eigenvalue weighted by atomic mass is 10.0. The second-order valence-electron chi connectivity index (χ2n) is 5.90. The van der Waals surface area contributed by atoms with E-state index in [2.05, 4.69) is 31.0 Å². The molecule has 0 radical (unpaired) electrons. The van der Waals surface area contributed by atoms with E-state index < -0.39 is 0 Å². The highest BCUT2D eigenvalue weighted by Crippen LogP contribution is 2.24. The predicted molar refractivity (Wildman–Crippen MR) is 86.0 cm³/mol. The lowest BCUT2D eigenvalue weighted by Crippen LogP contribution is -2.30. The normalized spacial score (nSPS) is 16.9. The van der Waals surface area contributed by atoms with Gasteiger partial charge in [-0.15, -0.1) is 5.10 Å². The van der Waals surface area contributed by atoms with Crippen LogP contribution in [-0.4, -0.2) is 36.3 Å². The minimum Gasteiger partial charge on any atom is -0.346 e. The molecule has 9 nitrogen and oxygen atoms in total. The van der Waals surface area contributed by atoms with Crippen LogP contribution in [0.15, 0.2) is 34.9 Å². The first-order valence-corrected chi connectivity index (χ1v) is 8.23. The first kappa shape index (κ1) is 15.4. The Kier molecular flexibility index (Phi) is 4.19. The number of aryl methyl sites for hydroxylation is 1. The largest absolute Gasteiger partial charge is 0.346 e. The molecule has 1 aromatic carbocycles. The van der Waals surface area contributed by atoms with Crippen LogP contribution in [0.3, 0.4) is 0 Å². The maximum absolute atomic E-state index is 12.6.